The number of carbonyl (C=O) groups excluding carboxylic acids is 1. The minimum atomic E-state index is 0.00402. The molecule has 0 saturated carbocycles. The zero-order chi connectivity index (χ0) is 16.4. The Bertz CT molecular complexity index is 728. The molecule has 1 amide bonds. The maximum atomic E-state index is 12.5. The Morgan fingerprint density at radius 2 is 1.61 bits per heavy atom. The summed E-state index contributed by atoms with van der Waals surface area (Å²) in [6.07, 6.45) is 0. The molecule has 2 aromatic carbocycles. The summed E-state index contributed by atoms with van der Waals surface area (Å²) in [5, 5.41) is 1.67. The molecule has 1 saturated heterocycles. The zero-order valence-corrected chi connectivity index (χ0v) is 14.6. The van der Waals surface area contributed by atoms with Crippen molar-refractivity contribution in [1.29, 1.82) is 0 Å². The third-order valence-electron chi connectivity index (χ3n) is 3.91. The van der Waals surface area contributed by atoms with E-state index in [0.29, 0.717) is 46.8 Å². The van der Waals surface area contributed by atoms with E-state index in [1.807, 2.05) is 17.0 Å². The molecule has 0 radical (unpaired) electrons. The largest absolute Gasteiger partial charge is 0.367 e. The molecule has 0 unspecified atom stereocenters. The van der Waals surface area contributed by atoms with Crippen LogP contribution in [0.4, 0.5) is 5.69 Å². The third-order valence-corrected chi connectivity index (χ3v) is 4.95. The van der Waals surface area contributed by atoms with E-state index in [0.717, 1.165) is 5.69 Å². The van der Waals surface area contributed by atoms with Gasteiger partial charge in [0.15, 0.2) is 0 Å². The number of piperazine rings is 1. The number of nitrogens with zero attached hydrogens (tertiary/aromatic N) is 2. The highest BCUT2D eigenvalue weighted by Crippen LogP contribution is 2.33. The van der Waals surface area contributed by atoms with Gasteiger partial charge in [-0.05, 0) is 30.3 Å². The zero-order valence-electron chi connectivity index (χ0n) is 12.3. The van der Waals surface area contributed by atoms with Crippen LogP contribution in [0.3, 0.4) is 0 Å². The minimum absolute atomic E-state index is 0.00402. The highest BCUT2D eigenvalue weighted by molar-refractivity contribution is 6.43. The van der Waals surface area contributed by atoms with Crippen LogP contribution in [0.15, 0.2) is 42.5 Å². The lowest BCUT2D eigenvalue weighted by atomic mass is 10.1. The van der Waals surface area contributed by atoms with Crippen LogP contribution in [0.25, 0.3) is 0 Å². The molecule has 1 aliphatic rings. The van der Waals surface area contributed by atoms with Crippen molar-refractivity contribution >= 4 is 46.4 Å². The standard InChI is InChI=1S/C17H15Cl3N2O/c18-13-4-1-3-12(11-13)17(23)22-9-7-21(8-10-22)15-6-2-5-14(19)16(15)20/h1-6,11H,7-10H2. The molecule has 0 N–H and O–H groups in total. The number of halogens is 3. The van der Waals surface area contributed by atoms with E-state index >= 15 is 0 Å². The first-order valence-electron chi connectivity index (χ1n) is 7.30. The van der Waals surface area contributed by atoms with Crippen LogP contribution in [0.1, 0.15) is 10.4 Å². The Balaban J connectivity index is 1.69. The number of rotatable bonds is 2. The van der Waals surface area contributed by atoms with Crippen LogP contribution in [-0.4, -0.2) is 37.0 Å². The second-order valence-electron chi connectivity index (χ2n) is 5.36. The highest BCUT2D eigenvalue weighted by atomic mass is 35.5. The van der Waals surface area contributed by atoms with Crippen LogP contribution >= 0.6 is 34.8 Å². The molecule has 0 spiro atoms. The fraction of sp³-hybridized carbons (Fsp3) is 0.235. The van der Waals surface area contributed by atoms with Gasteiger partial charge in [0, 0.05) is 36.8 Å². The maximum absolute atomic E-state index is 12.5. The lowest BCUT2D eigenvalue weighted by Crippen LogP contribution is -2.48. The fourth-order valence-electron chi connectivity index (χ4n) is 2.69. The molecule has 1 heterocycles. The average Bonchev–Trinajstić information content (AvgIpc) is 2.57. The summed E-state index contributed by atoms with van der Waals surface area (Å²) in [5.74, 6) is 0.00402. The minimum Gasteiger partial charge on any atom is -0.367 e. The van der Waals surface area contributed by atoms with Crippen molar-refractivity contribution in [3.8, 4) is 0 Å². The van der Waals surface area contributed by atoms with Gasteiger partial charge in [-0.25, -0.2) is 0 Å². The van der Waals surface area contributed by atoms with E-state index in [9.17, 15) is 4.79 Å². The van der Waals surface area contributed by atoms with Crippen LogP contribution in [0.5, 0.6) is 0 Å². The summed E-state index contributed by atoms with van der Waals surface area (Å²) in [5.41, 5.74) is 1.53. The Labute approximate surface area is 150 Å². The third kappa shape index (κ3) is 3.57. The van der Waals surface area contributed by atoms with Crippen molar-refractivity contribution in [3.63, 3.8) is 0 Å². The van der Waals surface area contributed by atoms with Crippen molar-refractivity contribution in [2.24, 2.45) is 0 Å². The molecule has 3 nitrogen and oxygen atoms in total. The summed E-state index contributed by atoms with van der Waals surface area (Å²) in [6, 6.07) is 12.6. The van der Waals surface area contributed by atoms with Crippen molar-refractivity contribution < 1.29 is 4.79 Å². The van der Waals surface area contributed by atoms with E-state index in [4.69, 9.17) is 34.8 Å². The first-order valence-corrected chi connectivity index (χ1v) is 8.43. The Kier molecular flexibility index (Phi) is 5.00. The van der Waals surface area contributed by atoms with Crippen LogP contribution < -0.4 is 4.90 Å². The Hall–Kier alpha value is -1.42. The molecule has 3 rings (SSSR count). The molecular formula is C17H15Cl3N2O. The number of carbonyl (C=O) groups is 1. The number of benzene rings is 2. The molecular weight excluding hydrogens is 355 g/mol. The van der Waals surface area contributed by atoms with Crippen molar-refractivity contribution in [2.45, 2.75) is 0 Å². The molecule has 1 aliphatic heterocycles. The number of hydrogen-bond acceptors (Lipinski definition) is 2. The summed E-state index contributed by atoms with van der Waals surface area (Å²) in [7, 11) is 0. The van der Waals surface area contributed by atoms with Gasteiger partial charge in [0.05, 0.1) is 15.7 Å². The molecule has 120 valence electrons. The lowest BCUT2D eigenvalue weighted by molar-refractivity contribution is 0.0747. The molecule has 1 fully saturated rings. The monoisotopic (exact) mass is 368 g/mol. The van der Waals surface area contributed by atoms with Gasteiger partial charge in [0.2, 0.25) is 0 Å². The average molecular weight is 370 g/mol. The number of anilines is 1. The van der Waals surface area contributed by atoms with Crippen molar-refractivity contribution in [1.82, 2.24) is 4.90 Å². The topological polar surface area (TPSA) is 23.6 Å². The van der Waals surface area contributed by atoms with Gasteiger partial charge >= 0.3 is 0 Å². The Morgan fingerprint density at radius 3 is 2.30 bits per heavy atom. The molecule has 2 aromatic rings. The van der Waals surface area contributed by atoms with E-state index in [2.05, 4.69) is 4.90 Å². The molecule has 0 aliphatic carbocycles. The molecule has 6 heteroatoms. The van der Waals surface area contributed by atoms with Gasteiger partial charge in [-0.3, -0.25) is 4.79 Å². The van der Waals surface area contributed by atoms with Gasteiger partial charge in [-0.15, -0.1) is 0 Å². The van der Waals surface area contributed by atoms with Crippen molar-refractivity contribution in [2.75, 3.05) is 31.1 Å². The van der Waals surface area contributed by atoms with E-state index in [1.54, 1.807) is 30.3 Å². The van der Waals surface area contributed by atoms with E-state index < -0.39 is 0 Å². The van der Waals surface area contributed by atoms with Crippen molar-refractivity contribution in [3.05, 3.63) is 63.1 Å². The second-order valence-corrected chi connectivity index (χ2v) is 6.58. The molecule has 0 atom stereocenters. The maximum Gasteiger partial charge on any atom is 0.254 e. The second kappa shape index (κ2) is 7.00. The molecule has 0 bridgehead atoms. The van der Waals surface area contributed by atoms with Crippen LogP contribution in [0.2, 0.25) is 15.1 Å². The summed E-state index contributed by atoms with van der Waals surface area (Å²) in [6.45, 7) is 2.70. The van der Waals surface area contributed by atoms with Gasteiger partial charge in [-0.1, -0.05) is 46.9 Å². The van der Waals surface area contributed by atoms with E-state index in [-0.39, 0.29) is 5.91 Å². The predicted octanol–water partition coefficient (Wildman–Crippen LogP) is 4.61. The van der Waals surface area contributed by atoms with Gasteiger partial charge < -0.3 is 9.80 Å². The van der Waals surface area contributed by atoms with Gasteiger partial charge in [0.25, 0.3) is 5.91 Å². The summed E-state index contributed by atoms with van der Waals surface area (Å²) >= 11 is 18.3. The smallest absolute Gasteiger partial charge is 0.254 e. The van der Waals surface area contributed by atoms with Crippen LogP contribution in [0, 0.1) is 0 Å². The first kappa shape index (κ1) is 16.4. The SMILES string of the molecule is O=C(c1cccc(Cl)c1)N1CCN(c2cccc(Cl)c2Cl)CC1. The molecule has 23 heavy (non-hydrogen) atoms. The molecule has 0 aromatic heterocycles. The predicted molar refractivity (Wildman–Crippen MR) is 96.0 cm³/mol. The number of amides is 1. The van der Waals surface area contributed by atoms with Crippen LogP contribution in [-0.2, 0) is 0 Å². The fourth-order valence-corrected chi connectivity index (χ4v) is 3.30. The summed E-state index contributed by atoms with van der Waals surface area (Å²) in [4.78, 5) is 16.5. The lowest BCUT2D eigenvalue weighted by Gasteiger charge is -2.36. The van der Waals surface area contributed by atoms with Gasteiger partial charge in [0.1, 0.15) is 0 Å². The van der Waals surface area contributed by atoms with Gasteiger partial charge in [-0.2, -0.15) is 0 Å². The quantitative estimate of drug-likeness (QED) is 0.772. The first-order chi connectivity index (χ1) is 11.1. The summed E-state index contributed by atoms with van der Waals surface area (Å²) < 4.78 is 0. The normalized spacial score (nSPS) is 14.9. The number of hydrogen-bond donors (Lipinski definition) is 0. The Morgan fingerprint density at radius 1 is 0.913 bits per heavy atom. The van der Waals surface area contributed by atoms with E-state index in [1.165, 1.54) is 0 Å². The highest BCUT2D eigenvalue weighted by Gasteiger charge is 2.23.